The van der Waals surface area contributed by atoms with Crippen molar-refractivity contribution in [2.24, 2.45) is 0 Å². The first-order valence-corrected chi connectivity index (χ1v) is 10.8. The van der Waals surface area contributed by atoms with Gasteiger partial charge in [0.1, 0.15) is 31.0 Å². The molecular formula is C26H21NO6. The number of fused-ring (bicyclic) bond motifs is 5. The molecule has 0 aromatic heterocycles. The summed E-state index contributed by atoms with van der Waals surface area (Å²) in [4.78, 5) is 27.8. The number of esters is 1. The van der Waals surface area contributed by atoms with Crippen LogP contribution in [0.3, 0.4) is 0 Å². The van der Waals surface area contributed by atoms with Gasteiger partial charge < -0.3 is 23.8 Å². The average Bonchev–Trinajstić information content (AvgIpc) is 3.34. The average molecular weight is 443 g/mol. The van der Waals surface area contributed by atoms with Crippen LogP contribution in [-0.2, 0) is 21.5 Å². The summed E-state index contributed by atoms with van der Waals surface area (Å²) in [5.41, 5.74) is 2.84. The molecule has 3 aliphatic heterocycles. The maximum Gasteiger partial charge on any atom is 0.337 e. The van der Waals surface area contributed by atoms with Crippen LogP contribution in [0.2, 0.25) is 0 Å². The summed E-state index contributed by atoms with van der Waals surface area (Å²) in [6, 6.07) is 18.6. The molecule has 3 heterocycles. The van der Waals surface area contributed by atoms with Gasteiger partial charge in [-0.25, -0.2) is 4.79 Å². The van der Waals surface area contributed by atoms with Gasteiger partial charge in [-0.2, -0.15) is 0 Å². The van der Waals surface area contributed by atoms with Crippen molar-refractivity contribution in [3.05, 3.63) is 82.9 Å². The third kappa shape index (κ3) is 2.81. The van der Waals surface area contributed by atoms with Crippen molar-refractivity contribution in [2.75, 3.05) is 31.8 Å². The smallest absolute Gasteiger partial charge is 0.337 e. The van der Waals surface area contributed by atoms with Crippen LogP contribution in [0.4, 0.5) is 5.69 Å². The van der Waals surface area contributed by atoms with Crippen LogP contribution in [0.15, 0.2) is 60.7 Å². The maximum atomic E-state index is 14.1. The Morgan fingerprint density at radius 1 is 0.939 bits per heavy atom. The van der Waals surface area contributed by atoms with E-state index in [-0.39, 0.29) is 12.5 Å². The van der Waals surface area contributed by atoms with Crippen molar-refractivity contribution < 1.29 is 28.5 Å². The highest BCUT2D eigenvalue weighted by Crippen LogP contribution is 2.55. The zero-order valence-corrected chi connectivity index (χ0v) is 18.0. The number of amides is 1. The molecule has 3 aromatic carbocycles. The molecule has 1 amide bonds. The second-order valence-electron chi connectivity index (χ2n) is 8.29. The zero-order chi connectivity index (χ0) is 22.6. The van der Waals surface area contributed by atoms with E-state index in [0.717, 1.165) is 22.4 Å². The molecule has 1 spiro atoms. The molecule has 0 bridgehead atoms. The molecule has 6 rings (SSSR count). The van der Waals surface area contributed by atoms with Gasteiger partial charge in [-0.15, -0.1) is 0 Å². The van der Waals surface area contributed by atoms with Crippen molar-refractivity contribution in [2.45, 2.75) is 12.0 Å². The van der Waals surface area contributed by atoms with Crippen LogP contribution in [0.1, 0.15) is 27.0 Å². The van der Waals surface area contributed by atoms with E-state index in [1.54, 1.807) is 23.1 Å². The van der Waals surface area contributed by atoms with Gasteiger partial charge in [-0.1, -0.05) is 30.3 Å². The van der Waals surface area contributed by atoms with E-state index in [0.29, 0.717) is 42.6 Å². The Labute approximate surface area is 190 Å². The molecule has 0 radical (unpaired) electrons. The summed E-state index contributed by atoms with van der Waals surface area (Å²) >= 11 is 0. The second-order valence-corrected chi connectivity index (χ2v) is 8.29. The first kappa shape index (κ1) is 19.7. The summed E-state index contributed by atoms with van der Waals surface area (Å²) < 4.78 is 22.4. The fourth-order valence-corrected chi connectivity index (χ4v) is 4.97. The first-order valence-electron chi connectivity index (χ1n) is 10.8. The Balaban J connectivity index is 1.44. The molecule has 0 saturated heterocycles. The summed E-state index contributed by atoms with van der Waals surface area (Å²) in [5, 5.41) is 0. The fourth-order valence-electron chi connectivity index (χ4n) is 4.97. The molecule has 0 N–H and O–H groups in total. The Morgan fingerprint density at radius 3 is 2.55 bits per heavy atom. The number of nitrogens with zero attached hydrogens (tertiary/aromatic N) is 1. The first-order chi connectivity index (χ1) is 16.1. The Hall–Kier alpha value is -4.00. The highest BCUT2D eigenvalue weighted by molar-refractivity contribution is 6.11. The number of ether oxygens (including phenoxy) is 4. The van der Waals surface area contributed by atoms with Gasteiger partial charge in [0.25, 0.3) is 0 Å². The van der Waals surface area contributed by atoms with E-state index in [9.17, 15) is 9.59 Å². The molecule has 0 saturated carbocycles. The molecule has 7 heteroatoms. The van der Waals surface area contributed by atoms with Crippen LogP contribution in [0.25, 0.3) is 0 Å². The molecule has 3 aliphatic rings. The largest absolute Gasteiger partial charge is 0.491 e. The lowest BCUT2D eigenvalue weighted by Crippen LogP contribution is -2.42. The number of para-hydroxylation sites is 1. The van der Waals surface area contributed by atoms with Gasteiger partial charge in [0.15, 0.2) is 11.5 Å². The van der Waals surface area contributed by atoms with Gasteiger partial charge >= 0.3 is 5.97 Å². The van der Waals surface area contributed by atoms with E-state index < -0.39 is 11.4 Å². The van der Waals surface area contributed by atoms with Crippen LogP contribution >= 0.6 is 0 Å². The fraction of sp³-hybridized carbons (Fsp3) is 0.231. The van der Waals surface area contributed by atoms with E-state index in [1.807, 2.05) is 42.5 Å². The monoisotopic (exact) mass is 443 g/mol. The predicted molar refractivity (Wildman–Crippen MR) is 119 cm³/mol. The molecular weight excluding hydrogens is 422 g/mol. The minimum atomic E-state index is -0.957. The number of hydrogen-bond acceptors (Lipinski definition) is 6. The summed E-state index contributed by atoms with van der Waals surface area (Å²) in [6.45, 7) is 1.48. The number of carbonyl (C=O) groups excluding carboxylic acids is 2. The predicted octanol–water partition coefficient (Wildman–Crippen LogP) is 3.47. The lowest BCUT2D eigenvalue weighted by atomic mass is 9.77. The van der Waals surface area contributed by atoms with Crippen LogP contribution in [0.5, 0.6) is 17.2 Å². The highest BCUT2D eigenvalue weighted by atomic mass is 16.6. The van der Waals surface area contributed by atoms with E-state index in [2.05, 4.69) is 0 Å². The van der Waals surface area contributed by atoms with Gasteiger partial charge in [0.2, 0.25) is 5.91 Å². The third-order valence-corrected chi connectivity index (χ3v) is 6.50. The molecule has 0 aliphatic carbocycles. The molecule has 1 atom stereocenters. The lowest BCUT2D eigenvalue weighted by molar-refractivity contribution is -0.122. The standard InChI is InChI=1S/C26H21NO6/c1-30-24(28)17-6-4-5-16(11-17)14-27-20-8-3-2-7-18(20)26(25(27)29)15-33-21-13-23-22(12-19(21)26)31-9-10-32-23/h2-8,11-13H,9-10,14-15H2,1H3. The molecule has 7 nitrogen and oxygen atoms in total. The minimum absolute atomic E-state index is 0.0670. The number of anilines is 1. The number of methoxy groups -OCH3 is 1. The Bertz CT molecular complexity index is 1300. The van der Waals surface area contributed by atoms with Gasteiger partial charge in [0, 0.05) is 17.3 Å². The normalized spacial score (nSPS) is 19.8. The molecule has 33 heavy (non-hydrogen) atoms. The van der Waals surface area contributed by atoms with Crippen molar-refractivity contribution in [1.82, 2.24) is 0 Å². The van der Waals surface area contributed by atoms with E-state index >= 15 is 0 Å². The van der Waals surface area contributed by atoms with Crippen LogP contribution in [-0.4, -0.2) is 38.8 Å². The lowest BCUT2D eigenvalue weighted by Gasteiger charge is -2.24. The second kappa shape index (κ2) is 7.27. The van der Waals surface area contributed by atoms with Crippen LogP contribution < -0.4 is 19.1 Å². The topological polar surface area (TPSA) is 74.3 Å². The molecule has 0 fully saturated rings. The van der Waals surface area contributed by atoms with Gasteiger partial charge in [-0.3, -0.25) is 4.79 Å². The molecule has 166 valence electrons. The SMILES string of the molecule is COC(=O)c1cccc(CN2C(=O)C3(COc4cc5c(cc43)OCCO5)c3ccccc32)c1. The van der Waals surface area contributed by atoms with Gasteiger partial charge in [0.05, 0.1) is 19.2 Å². The number of hydrogen-bond donors (Lipinski definition) is 0. The minimum Gasteiger partial charge on any atom is -0.491 e. The molecule has 3 aromatic rings. The number of rotatable bonds is 3. The van der Waals surface area contributed by atoms with E-state index in [4.69, 9.17) is 18.9 Å². The summed E-state index contributed by atoms with van der Waals surface area (Å²) in [5.74, 6) is 1.41. The van der Waals surface area contributed by atoms with Crippen LogP contribution in [0, 0.1) is 0 Å². The summed E-state index contributed by atoms with van der Waals surface area (Å²) in [7, 11) is 1.35. The van der Waals surface area contributed by atoms with E-state index in [1.165, 1.54) is 7.11 Å². The number of carbonyl (C=O) groups is 2. The Morgan fingerprint density at radius 2 is 1.73 bits per heavy atom. The third-order valence-electron chi connectivity index (χ3n) is 6.50. The van der Waals surface area contributed by atoms with Gasteiger partial charge in [-0.05, 0) is 35.4 Å². The van der Waals surface area contributed by atoms with Crippen molar-refractivity contribution in [1.29, 1.82) is 0 Å². The van der Waals surface area contributed by atoms with Crippen molar-refractivity contribution >= 4 is 17.6 Å². The number of benzene rings is 3. The quantitative estimate of drug-likeness (QED) is 0.577. The van der Waals surface area contributed by atoms with Crippen molar-refractivity contribution in [3.8, 4) is 17.2 Å². The summed E-state index contributed by atoms with van der Waals surface area (Å²) in [6.07, 6.45) is 0. The highest BCUT2D eigenvalue weighted by Gasteiger charge is 2.57. The maximum absolute atomic E-state index is 14.1. The Kier molecular flexibility index (Phi) is 4.33. The molecule has 1 unspecified atom stereocenters. The zero-order valence-electron chi connectivity index (χ0n) is 18.0. The van der Waals surface area contributed by atoms with Crippen molar-refractivity contribution in [3.63, 3.8) is 0 Å².